The van der Waals surface area contributed by atoms with E-state index in [2.05, 4.69) is 10.3 Å². The van der Waals surface area contributed by atoms with E-state index in [1.165, 1.54) is 0 Å². The molecule has 0 aromatic carbocycles. The van der Waals surface area contributed by atoms with Crippen LogP contribution in [0.3, 0.4) is 0 Å². The van der Waals surface area contributed by atoms with Crippen molar-refractivity contribution >= 4 is 23.4 Å². The molecule has 0 atom stereocenters. The van der Waals surface area contributed by atoms with E-state index in [1.54, 1.807) is 36.0 Å². The van der Waals surface area contributed by atoms with Crippen LogP contribution in [0.5, 0.6) is 0 Å². The molecule has 1 rings (SSSR count). The summed E-state index contributed by atoms with van der Waals surface area (Å²) >= 11 is 1.73. The van der Waals surface area contributed by atoms with Crippen molar-refractivity contribution in [3.63, 3.8) is 0 Å². The summed E-state index contributed by atoms with van der Waals surface area (Å²) in [4.78, 5) is 17.8. The van der Waals surface area contributed by atoms with Crippen LogP contribution in [0.2, 0.25) is 0 Å². The molecule has 0 radical (unpaired) electrons. The van der Waals surface area contributed by atoms with Crippen molar-refractivity contribution < 1.29 is 4.79 Å². The van der Waals surface area contributed by atoms with Gasteiger partial charge in [0.2, 0.25) is 0 Å². The smallest absolute Gasteiger partial charge is 0.272 e. The fourth-order valence-corrected chi connectivity index (χ4v) is 1.81. The molecule has 0 aliphatic carbocycles. The summed E-state index contributed by atoms with van der Waals surface area (Å²) < 4.78 is 0. The average Bonchev–Trinajstić information content (AvgIpc) is 2.36. The molecule has 1 N–H and O–H groups in total. The summed E-state index contributed by atoms with van der Waals surface area (Å²) in [5.74, 6) is 0.916. The molecule has 1 aromatic rings. The summed E-state index contributed by atoms with van der Waals surface area (Å²) in [6.45, 7) is 3.62. The Hall–Kier alpha value is -1.23. The first-order valence-electron chi connectivity index (χ1n) is 5.63. The van der Waals surface area contributed by atoms with Crippen molar-refractivity contribution in [1.82, 2.24) is 9.88 Å². The van der Waals surface area contributed by atoms with Crippen LogP contribution >= 0.6 is 11.8 Å². The van der Waals surface area contributed by atoms with Gasteiger partial charge in [-0.1, -0.05) is 0 Å². The molecule has 0 spiro atoms. The summed E-state index contributed by atoms with van der Waals surface area (Å²) in [5.41, 5.74) is 1.44. The third-order valence-corrected chi connectivity index (χ3v) is 2.93. The average molecular weight is 253 g/mol. The van der Waals surface area contributed by atoms with Gasteiger partial charge in [0.05, 0.1) is 11.9 Å². The van der Waals surface area contributed by atoms with Crippen molar-refractivity contribution in [2.45, 2.75) is 6.92 Å². The number of hydrogen-bond acceptors (Lipinski definition) is 4. The molecule has 0 aliphatic rings. The topological polar surface area (TPSA) is 45.2 Å². The number of anilines is 1. The summed E-state index contributed by atoms with van der Waals surface area (Å²) in [5, 5.41) is 3.15. The fourth-order valence-electron chi connectivity index (χ4n) is 1.35. The van der Waals surface area contributed by atoms with Crippen molar-refractivity contribution in [3.8, 4) is 0 Å². The van der Waals surface area contributed by atoms with Gasteiger partial charge in [-0.2, -0.15) is 11.8 Å². The Labute approximate surface area is 107 Å². The van der Waals surface area contributed by atoms with E-state index in [1.807, 2.05) is 19.2 Å². The number of hydrogen-bond donors (Lipinski definition) is 1. The van der Waals surface area contributed by atoms with Crippen LogP contribution in [0.25, 0.3) is 0 Å². The number of pyridine rings is 1. The monoisotopic (exact) mass is 253 g/mol. The van der Waals surface area contributed by atoms with Crippen LogP contribution < -0.4 is 5.32 Å². The molecule has 0 unspecified atom stereocenters. The maximum atomic E-state index is 12.0. The highest BCUT2D eigenvalue weighted by molar-refractivity contribution is 7.98. The molecular weight excluding hydrogens is 234 g/mol. The highest BCUT2D eigenvalue weighted by Gasteiger charge is 2.12. The van der Waals surface area contributed by atoms with E-state index in [-0.39, 0.29) is 5.91 Å². The first kappa shape index (κ1) is 13.8. The maximum absolute atomic E-state index is 12.0. The fraction of sp³-hybridized carbons (Fsp3) is 0.500. The van der Waals surface area contributed by atoms with Gasteiger partial charge in [-0.05, 0) is 25.3 Å². The number of carbonyl (C=O) groups is 1. The van der Waals surface area contributed by atoms with Gasteiger partial charge in [0.1, 0.15) is 5.69 Å². The Morgan fingerprint density at radius 1 is 1.53 bits per heavy atom. The van der Waals surface area contributed by atoms with E-state index < -0.39 is 0 Å². The van der Waals surface area contributed by atoms with Crippen LogP contribution in [-0.2, 0) is 0 Å². The van der Waals surface area contributed by atoms with Gasteiger partial charge >= 0.3 is 0 Å². The first-order valence-corrected chi connectivity index (χ1v) is 7.02. The summed E-state index contributed by atoms with van der Waals surface area (Å²) in [7, 11) is 1.80. The van der Waals surface area contributed by atoms with E-state index in [4.69, 9.17) is 0 Å². The predicted molar refractivity (Wildman–Crippen MR) is 73.7 cm³/mol. The largest absolute Gasteiger partial charge is 0.384 e. The minimum absolute atomic E-state index is 0.0258. The van der Waals surface area contributed by atoms with Crippen LogP contribution in [0, 0.1) is 0 Å². The number of aromatic nitrogens is 1. The Morgan fingerprint density at radius 2 is 2.29 bits per heavy atom. The van der Waals surface area contributed by atoms with Crippen molar-refractivity contribution in [2.24, 2.45) is 0 Å². The molecule has 0 saturated carbocycles. The first-order chi connectivity index (χ1) is 8.19. The Kier molecular flexibility index (Phi) is 5.83. The van der Waals surface area contributed by atoms with Gasteiger partial charge in [-0.25, -0.2) is 4.98 Å². The normalized spacial score (nSPS) is 10.1. The summed E-state index contributed by atoms with van der Waals surface area (Å²) in [6.07, 6.45) is 3.72. The van der Waals surface area contributed by atoms with E-state index >= 15 is 0 Å². The molecule has 5 heteroatoms. The van der Waals surface area contributed by atoms with Crippen molar-refractivity contribution in [2.75, 3.05) is 37.5 Å². The van der Waals surface area contributed by atoms with Crippen molar-refractivity contribution in [3.05, 3.63) is 24.0 Å². The lowest BCUT2D eigenvalue weighted by Crippen LogP contribution is -2.29. The third kappa shape index (κ3) is 4.26. The second-order valence-corrected chi connectivity index (χ2v) is 4.67. The van der Waals surface area contributed by atoms with Gasteiger partial charge < -0.3 is 10.2 Å². The van der Waals surface area contributed by atoms with Gasteiger partial charge in [-0.15, -0.1) is 0 Å². The molecule has 0 saturated heterocycles. The molecule has 1 aromatic heterocycles. The third-order valence-electron chi connectivity index (χ3n) is 2.34. The van der Waals surface area contributed by atoms with Crippen LogP contribution in [0.4, 0.5) is 5.69 Å². The number of amides is 1. The van der Waals surface area contributed by atoms with Crippen LogP contribution in [0.1, 0.15) is 17.4 Å². The second-order valence-electron chi connectivity index (χ2n) is 3.68. The maximum Gasteiger partial charge on any atom is 0.272 e. The molecule has 0 aliphatic heterocycles. The number of nitrogens with zero attached hydrogens (tertiary/aromatic N) is 2. The molecule has 17 heavy (non-hydrogen) atoms. The Morgan fingerprint density at radius 3 is 2.82 bits per heavy atom. The predicted octanol–water partition coefficient (Wildman–Crippen LogP) is 1.95. The Bertz CT molecular complexity index is 353. The van der Waals surface area contributed by atoms with Gasteiger partial charge in [0.15, 0.2) is 0 Å². The Balaban J connectivity index is 2.62. The summed E-state index contributed by atoms with van der Waals surface area (Å²) in [6, 6.07) is 3.64. The minimum atomic E-state index is -0.0258. The van der Waals surface area contributed by atoms with Gasteiger partial charge in [-0.3, -0.25) is 4.79 Å². The molecule has 1 amide bonds. The van der Waals surface area contributed by atoms with E-state index in [0.29, 0.717) is 5.69 Å². The number of nitrogens with one attached hydrogen (secondary N) is 1. The molecule has 4 nitrogen and oxygen atoms in total. The van der Waals surface area contributed by atoms with Crippen molar-refractivity contribution in [1.29, 1.82) is 0 Å². The lowest BCUT2D eigenvalue weighted by molar-refractivity contribution is 0.0798. The zero-order chi connectivity index (χ0) is 12.7. The lowest BCUT2D eigenvalue weighted by Gasteiger charge is -2.16. The quantitative estimate of drug-likeness (QED) is 0.841. The van der Waals surface area contributed by atoms with Crippen LogP contribution in [-0.4, -0.2) is 47.9 Å². The number of rotatable bonds is 6. The minimum Gasteiger partial charge on any atom is -0.384 e. The standard InChI is InChI=1S/C12H19N3OS/c1-4-13-10-5-6-11(14-9-10)12(16)15(2)7-8-17-3/h5-6,9,13H,4,7-8H2,1-3H3. The highest BCUT2D eigenvalue weighted by atomic mass is 32.2. The highest BCUT2D eigenvalue weighted by Crippen LogP contribution is 2.07. The van der Waals surface area contributed by atoms with Gasteiger partial charge in [0, 0.05) is 25.9 Å². The van der Waals surface area contributed by atoms with E-state index in [0.717, 1.165) is 24.5 Å². The number of thioether (sulfide) groups is 1. The lowest BCUT2D eigenvalue weighted by atomic mass is 10.3. The zero-order valence-corrected chi connectivity index (χ0v) is 11.4. The second kappa shape index (κ2) is 7.17. The van der Waals surface area contributed by atoms with E-state index in [9.17, 15) is 4.79 Å². The SMILES string of the molecule is CCNc1ccc(C(=O)N(C)CCSC)nc1. The molecule has 94 valence electrons. The molecule has 1 heterocycles. The van der Waals surface area contributed by atoms with Crippen LogP contribution in [0.15, 0.2) is 18.3 Å². The number of carbonyl (C=O) groups excluding carboxylic acids is 1. The molecule has 0 bridgehead atoms. The zero-order valence-electron chi connectivity index (χ0n) is 10.6. The van der Waals surface area contributed by atoms with Gasteiger partial charge in [0.25, 0.3) is 5.91 Å². The molecular formula is C12H19N3OS. The molecule has 0 fully saturated rings.